The largest absolute Gasteiger partial charge is 0.595 e. The predicted molar refractivity (Wildman–Crippen MR) is 29.6 cm³/mol. The highest BCUT2D eigenvalue weighted by Crippen LogP contribution is 1.83. The molecule has 4 heteroatoms. The van der Waals surface area contributed by atoms with Crippen LogP contribution in [-0.4, -0.2) is 18.9 Å². The molecule has 0 aromatic rings. The highest BCUT2D eigenvalue weighted by atomic mass is 16.6. The van der Waals surface area contributed by atoms with Gasteiger partial charge in [-0.25, -0.2) is 0 Å². The van der Waals surface area contributed by atoms with E-state index >= 15 is 0 Å². The SMILES string of the molecule is C=[NH+]C(=O)OC(C)C#N. The van der Waals surface area contributed by atoms with Gasteiger partial charge in [0.25, 0.3) is 0 Å². The van der Waals surface area contributed by atoms with Crippen LogP contribution in [0.25, 0.3) is 0 Å². The molecule has 48 valence electrons. The molecule has 1 atom stereocenters. The van der Waals surface area contributed by atoms with Crippen LogP contribution in [0.15, 0.2) is 0 Å². The van der Waals surface area contributed by atoms with Crippen LogP contribution < -0.4 is 4.99 Å². The summed E-state index contributed by atoms with van der Waals surface area (Å²) < 4.78 is 4.38. The van der Waals surface area contributed by atoms with Crippen molar-refractivity contribution in [3.63, 3.8) is 0 Å². The van der Waals surface area contributed by atoms with Gasteiger partial charge in [0, 0.05) is 0 Å². The van der Waals surface area contributed by atoms with Gasteiger partial charge in [-0.3, -0.25) is 0 Å². The van der Waals surface area contributed by atoms with Gasteiger partial charge < -0.3 is 4.74 Å². The summed E-state index contributed by atoms with van der Waals surface area (Å²) >= 11 is 0. The van der Waals surface area contributed by atoms with Crippen molar-refractivity contribution in [2.24, 2.45) is 0 Å². The smallest absolute Gasteiger partial charge is 0.393 e. The molecule has 9 heavy (non-hydrogen) atoms. The third-order valence-electron chi connectivity index (χ3n) is 0.610. The van der Waals surface area contributed by atoms with Crippen LogP contribution in [0.4, 0.5) is 4.79 Å². The van der Waals surface area contributed by atoms with Gasteiger partial charge in [0.05, 0.1) is 0 Å². The molecule has 0 heterocycles. The monoisotopic (exact) mass is 127 g/mol. The Morgan fingerprint density at radius 3 is 2.89 bits per heavy atom. The van der Waals surface area contributed by atoms with E-state index in [0.717, 1.165) is 0 Å². The maximum atomic E-state index is 10.2. The highest BCUT2D eigenvalue weighted by molar-refractivity contribution is 5.57. The summed E-state index contributed by atoms with van der Waals surface area (Å²) in [4.78, 5) is 12.2. The number of hydrogen-bond acceptors (Lipinski definition) is 3. The first-order valence-electron chi connectivity index (χ1n) is 2.34. The number of nitrogens with zero attached hydrogens (tertiary/aromatic N) is 1. The molecule has 0 radical (unpaired) electrons. The molecule has 0 saturated carbocycles. The van der Waals surface area contributed by atoms with E-state index < -0.39 is 12.2 Å². The Morgan fingerprint density at radius 1 is 2.00 bits per heavy atom. The van der Waals surface area contributed by atoms with E-state index in [4.69, 9.17) is 5.26 Å². The van der Waals surface area contributed by atoms with E-state index in [1.165, 1.54) is 6.92 Å². The van der Waals surface area contributed by atoms with E-state index in [9.17, 15) is 4.79 Å². The van der Waals surface area contributed by atoms with E-state index in [-0.39, 0.29) is 0 Å². The molecule has 0 aromatic heterocycles. The van der Waals surface area contributed by atoms with Crippen LogP contribution in [0.5, 0.6) is 0 Å². The second kappa shape index (κ2) is 3.61. The Kier molecular flexibility index (Phi) is 3.06. The zero-order valence-corrected chi connectivity index (χ0v) is 5.05. The normalized spacial score (nSPS) is 11.1. The van der Waals surface area contributed by atoms with Gasteiger partial charge in [-0.05, 0) is 6.92 Å². The van der Waals surface area contributed by atoms with Crippen molar-refractivity contribution < 1.29 is 14.5 Å². The Morgan fingerprint density at radius 2 is 2.56 bits per heavy atom. The predicted octanol–water partition coefficient (Wildman–Crippen LogP) is -1.18. The van der Waals surface area contributed by atoms with Gasteiger partial charge in [-0.2, -0.15) is 10.1 Å². The van der Waals surface area contributed by atoms with Crippen molar-refractivity contribution in [1.29, 1.82) is 5.26 Å². The summed E-state index contributed by atoms with van der Waals surface area (Å²) in [6.45, 7) is 4.51. The number of nitrogens with one attached hydrogen (secondary N) is 1. The van der Waals surface area contributed by atoms with Crippen molar-refractivity contribution in [3.8, 4) is 6.07 Å². The fourth-order valence-corrected chi connectivity index (χ4v) is 0.229. The maximum Gasteiger partial charge on any atom is 0.595 e. The summed E-state index contributed by atoms with van der Waals surface area (Å²) in [5, 5.41) is 8.10. The first-order chi connectivity index (χ1) is 4.20. The molecule has 1 N–H and O–H groups in total. The quantitative estimate of drug-likeness (QED) is 0.451. The Bertz CT molecular complexity index is 159. The summed E-state index contributed by atoms with van der Waals surface area (Å²) in [6, 6.07) is 1.72. The van der Waals surface area contributed by atoms with Gasteiger partial charge >= 0.3 is 6.09 Å². The van der Waals surface area contributed by atoms with E-state index in [1.807, 2.05) is 4.99 Å². The summed E-state index contributed by atoms with van der Waals surface area (Å²) in [7, 11) is 0. The van der Waals surface area contributed by atoms with Crippen LogP contribution in [0, 0.1) is 11.3 Å². The molecule has 4 nitrogen and oxygen atoms in total. The zero-order chi connectivity index (χ0) is 7.28. The van der Waals surface area contributed by atoms with Gasteiger partial charge in [0.2, 0.25) is 0 Å². The van der Waals surface area contributed by atoms with Crippen molar-refractivity contribution in [3.05, 3.63) is 0 Å². The van der Waals surface area contributed by atoms with Crippen molar-refractivity contribution in [2.75, 3.05) is 0 Å². The number of rotatable bonds is 1. The lowest BCUT2D eigenvalue weighted by molar-refractivity contribution is -0.359. The first kappa shape index (κ1) is 7.63. The Hall–Kier alpha value is -1.37. The van der Waals surface area contributed by atoms with Crippen LogP contribution in [0.3, 0.4) is 0 Å². The van der Waals surface area contributed by atoms with Crippen LogP contribution in [-0.2, 0) is 4.74 Å². The van der Waals surface area contributed by atoms with Gasteiger partial charge in [0.1, 0.15) is 12.8 Å². The molecule has 1 amide bonds. The fourth-order valence-electron chi connectivity index (χ4n) is 0.229. The zero-order valence-electron chi connectivity index (χ0n) is 5.05. The number of ether oxygens (including phenoxy) is 1. The van der Waals surface area contributed by atoms with Crippen molar-refractivity contribution in [2.45, 2.75) is 13.0 Å². The van der Waals surface area contributed by atoms with Crippen molar-refractivity contribution >= 4 is 12.8 Å². The second-order valence-corrected chi connectivity index (χ2v) is 1.35. The molecule has 0 aromatic carbocycles. The average Bonchev–Trinajstić information content (AvgIpc) is 1.87. The van der Waals surface area contributed by atoms with E-state index in [2.05, 4.69) is 11.5 Å². The van der Waals surface area contributed by atoms with E-state index in [1.54, 1.807) is 6.07 Å². The Balaban J connectivity index is 3.62. The summed E-state index contributed by atoms with van der Waals surface area (Å²) in [5.74, 6) is 0. The number of hydrogen-bond donors (Lipinski definition) is 1. The van der Waals surface area contributed by atoms with Gasteiger partial charge in [0.15, 0.2) is 6.10 Å². The Labute approximate surface area is 52.8 Å². The molecule has 0 saturated heterocycles. The maximum absolute atomic E-state index is 10.2. The molecule has 0 aliphatic rings. The highest BCUT2D eigenvalue weighted by Gasteiger charge is 2.09. The molecule has 0 aliphatic carbocycles. The third kappa shape index (κ3) is 3.23. The second-order valence-electron chi connectivity index (χ2n) is 1.35. The van der Waals surface area contributed by atoms with Gasteiger partial charge in [-0.15, -0.1) is 4.99 Å². The number of nitriles is 1. The van der Waals surface area contributed by atoms with Crippen molar-refractivity contribution in [1.82, 2.24) is 0 Å². The lowest BCUT2D eigenvalue weighted by Crippen LogP contribution is -2.71. The minimum Gasteiger partial charge on any atom is -0.393 e. The first-order valence-corrected chi connectivity index (χ1v) is 2.34. The minimum atomic E-state index is -0.716. The lowest BCUT2D eigenvalue weighted by atomic mass is 10.5. The molecule has 0 spiro atoms. The summed E-state index contributed by atoms with van der Waals surface area (Å²) in [5.41, 5.74) is 0. The van der Waals surface area contributed by atoms with E-state index in [0.29, 0.717) is 0 Å². The van der Waals surface area contributed by atoms with Crippen LogP contribution in [0.1, 0.15) is 6.92 Å². The lowest BCUT2D eigenvalue weighted by Gasteiger charge is -1.94. The summed E-state index contributed by atoms with van der Waals surface area (Å²) in [6.07, 6.45) is -1.41. The molecule has 0 rings (SSSR count). The fraction of sp³-hybridized carbons (Fsp3) is 0.400. The van der Waals surface area contributed by atoms with Crippen LogP contribution in [0.2, 0.25) is 0 Å². The number of amides is 1. The molecule has 0 fully saturated rings. The molecule has 0 aliphatic heterocycles. The molecule has 0 bridgehead atoms. The topological polar surface area (TPSA) is 64.1 Å². The number of carbonyl (C=O) groups excluding carboxylic acids is 1. The minimum absolute atomic E-state index is 0.691. The van der Waals surface area contributed by atoms with Gasteiger partial charge in [-0.1, -0.05) is 0 Å². The third-order valence-corrected chi connectivity index (χ3v) is 0.610. The average molecular weight is 127 g/mol. The van der Waals surface area contributed by atoms with Crippen LogP contribution >= 0.6 is 0 Å². The number of carbonyl (C=O) groups is 1. The standard InChI is InChI=1S/C5H6N2O2/c1-4(3-6)9-5(8)7-2/h4H,2H2,1H3/p+1. The molecule has 1 unspecified atom stereocenters. The molecular weight excluding hydrogens is 120 g/mol. The molecular formula is C5H7N2O2+.